The van der Waals surface area contributed by atoms with Gasteiger partial charge in [-0.3, -0.25) is 0 Å². The summed E-state index contributed by atoms with van der Waals surface area (Å²) < 4.78 is 32.5. The van der Waals surface area contributed by atoms with Crippen LogP contribution in [0, 0.1) is 6.92 Å². The topological polar surface area (TPSA) is 72.5 Å². The third-order valence-corrected chi connectivity index (χ3v) is 5.04. The Balaban J connectivity index is 2.05. The van der Waals surface area contributed by atoms with Crippen LogP contribution in [0.25, 0.3) is 0 Å². The van der Waals surface area contributed by atoms with Gasteiger partial charge in [0.05, 0.1) is 11.0 Å². The number of carbonyl (C=O) groups excluding carboxylic acids is 1. The molecule has 1 aromatic rings. The zero-order valence-corrected chi connectivity index (χ0v) is 12.4. The Hall–Kier alpha value is -1.24. The van der Waals surface area contributed by atoms with Crippen LogP contribution in [-0.4, -0.2) is 33.0 Å². The number of aldehydes is 1. The summed E-state index contributed by atoms with van der Waals surface area (Å²) in [4.78, 5) is 10.9. The fourth-order valence-corrected chi connectivity index (χ4v) is 3.53. The van der Waals surface area contributed by atoms with E-state index in [-0.39, 0.29) is 17.0 Å². The smallest absolute Gasteiger partial charge is 0.240 e. The number of hydrogen-bond acceptors (Lipinski definition) is 4. The van der Waals surface area contributed by atoms with Crippen molar-refractivity contribution in [3.8, 4) is 0 Å². The van der Waals surface area contributed by atoms with Crippen LogP contribution in [0.2, 0.25) is 0 Å². The lowest BCUT2D eigenvalue weighted by Crippen LogP contribution is -2.41. The summed E-state index contributed by atoms with van der Waals surface area (Å²) in [7, 11) is -3.56. The Bertz CT molecular complexity index is 567. The average Bonchev–Trinajstić information content (AvgIpc) is 2.87. The highest BCUT2D eigenvalue weighted by Gasteiger charge is 2.31. The van der Waals surface area contributed by atoms with Crippen molar-refractivity contribution in [2.75, 3.05) is 0 Å². The van der Waals surface area contributed by atoms with Crippen LogP contribution in [0.1, 0.15) is 25.3 Å². The molecule has 0 aromatic heterocycles. The maximum atomic E-state index is 12.2. The minimum Gasteiger partial charge on any atom is -0.366 e. The minimum absolute atomic E-state index is 0.236. The summed E-state index contributed by atoms with van der Waals surface area (Å²) in [6.07, 6.45) is 1.42. The molecule has 0 saturated carbocycles. The van der Waals surface area contributed by atoms with E-state index in [9.17, 15) is 13.2 Å². The van der Waals surface area contributed by atoms with Gasteiger partial charge in [0.1, 0.15) is 12.4 Å². The molecule has 1 aromatic carbocycles. The molecule has 110 valence electrons. The molecule has 2 rings (SSSR count). The van der Waals surface area contributed by atoms with E-state index in [2.05, 4.69) is 4.72 Å². The number of carbonyl (C=O) groups is 1. The Morgan fingerprint density at radius 3 is 2.50 bits per heavy atom. The second-order valence-electron chi connectivity index (χ2n) is 5.15. The van der Waals surface area contributed by atoms with Crippen LogP contribution < -0.4 is 4.72 Å². The fourth-order valence-electron chi connectivity index (χ4n) is 2.26. The molecule has 5 nitrogen and oxygen atoms in total. The van der Waals surface area contributed by atoms with E-state index in [0.717, 1.165) is 11.8 Å². The van der Waals surface area contributed by atoms with Gasteiger partial charge in [-0.15, -0.1) is 0 Å². The van der Waals surface area contributed by atoms with Crippen LogP contribution in [-0.2, 0) is 19.6 Å². The normalized spacial score (nSPS) is 24.5. The lowest BCUT2D eigenvalue weighted by atomic mass is 10.1. The van der Waals surface area contributed by atoms with Crippen molar-refractivity contribution in [1.29, 1.82) is 0 Å². The molecule has 3 atom stereocenters. The first-order chi connectivity index (χ1) is 9.42. The number of sulfonamides is 1. The van der Waals surface area contributed by atoms with Crippen molar-refractivity contribution in [3.05, 3.63) is 29.8 Å². The summed E-state index contributed by atoms with van der Waals surface area (Å²) in [5.74, 6) is 0. The van der Waals surface area contributed by atoms with Crippen molar-refractivity contribution in [1.82, 2.24) is 4.72 Å². The number of hydrogen-bond donors (Lipinski definition) is 1. The summed E-state index contributed by atoms with van der Waals surface area (Å²) in [5.41, 5.74) is 1.00. The molecular weight excluding hydrogens is 278 g/mol. The van der Waals surface area contributed by atoms with Crippen molar-refractivity contribution in [2.24, 2.45) is 0 Å². The number of rotatable bonds is 5. The number of ether oxygens (including phenoxy) is 1. The molecule has 1 fully saturated rings. The van der Waals surface area contributed by atoms with Gasteiger partial charge in [0.25, 0.3) is 0 Å². The molecule has 0 unspecified atom stereocenters. The Kier molecular flexibility index (Phi) is 4.57. The van der Waals surface area contributed by atoms with Crippen LogP contribution >= 0.6 is 0 Å². The standard InChI is InChI=1S/C14H19NO4S/c1-10-3-6-13(7-4-10)20(17,18)15-11(2)14-8-5-12(9-16)19-14/h3-4,6-7,9,11-12,14-15H,5,8H2,1-2H3/t11-,12-,14-/m0/s1. The molecule has 1 aliphatic heterocycles. The first-order valence-electron chi connectivity index (χ1n) is 6.62. The van der Waals surface area contributed by atoms with Crippen LogP contribution in [0.4, 0.5) is 0 Å². The van der Waals surface area contributed by atoms with Crippen molar-refractivity contribution < 1.29 is 17.9 Å². The molecule has 1 aliphatic rings. The van der Waals surface area contributed by atoms with Crippen LogP contribution in [0.3, 0.4) is 0 Å². The fraction of sp³-hybridized carbons (Fsp3) is 0.500. The quantitative estimate of drug-likeness (QED) is 0.834. The van der Waals surface area contributed by atoms with E-state index in [1.807, 2.05) is 6.92 Å². The third kappa shape index (κ3) is 3.45. The van der Waals surface area contributed by atoms with Crippen LogP contribution in [0.15, 0.2) is 29.2 Å². The van der Waals surface area contributed by atoms with Gasteiger partial charge in [0, 0.05) is 6.04 Å². The molecule has 0 amide bonds. The predicted molar refractivity (Wildman–Crippen MR) is 74.9 cm³/mol. The monoisotopic (exact) mass is 297 g/mol. The Morgan fingerprint density at radius 1 is 1.30 bits per heavy atom. The Morgan fingerprint density at radius 2 is 1.95 bits per heavy atom. The summed E-state index contributed by atoms with van der Waals surface area (Å²) in [6.45, 7) is 3.65. The second kappa shape index (κ2) is 6.03. The first-order valence-corrected chi connectivity index (χ1v) is 8.10. The highest BCUT2D eigenvalue weighted by molar-refractivity contribution is 7.89. The van der Waals surface area contributed by atoms with Gasteiger partial charge >= 0.3 is 0 Å². The molecule has 0 bridgehead atoms. The summed E-state index contributed by atoms with van der Waals surface area (Å²) in [5, 5.41) is 0. The summed E-state index contributed by atoms with van der Waals surface area (Å²) in [6, 6.07) is 6.30. The van der Waals surface area contributed by atoms with Gasteiger partial charge in [-0.25, -0.2) is 13.1 Å². The molecule has 1 heterocycles. The van der Waals surface area contributed by atoms with Gasteiger partial charge < -0.3 is 9.53 Å². The SMILES string of the molecule is Cc1ccc(S(=O)(=O)N[C@@H](C)[C@@H]2CC[C@@H](C=O)O2)cc1. The molecule has 6 heteroatoms. The summed E-state index contributed by atoms with van der Waals surface area (Å²) >= 11 is 0. The van der Waals surface area contributed by atoms with Crippen molar-refractivity contribution in [2.45, 2.75) is 49.8 Å². The zero-order chi connectivity index (χ0) is 14.8. The zero-order valence-electron chi connectivity index (χ0n) is 11.6. The van der Waals surface area contributed by atoms with E-state index in [1.165, 1.54) is 0 Å². The van der Waals surface area contributed by atoms with Gasteiger partial charge in [-0.05, 0) is 38.8 Å². The lowest BCUT2D eigenvalue weighted by Gasteiger charge is -2.20. The highest BCUT2D eigenvalue weighted by atomic mass is 32.2. The van der Waals surface area contributed by atoms with E-state index >= 15 is 0 Å². The van der Waals surface area contributed by atoms with E-state index in [1.54, 1.807) is 31.2 Å². The highest BCUT2D eigenvalue weighted by Crippen LogP contribution is 2.22. The number of aryl methyl sites for hydroxylation is 1. The van der Waals surface area contributed by atoms with Gasteiger partial charge in [-0.2, -0.15) is 0 Å². The molecule has 0 spiro atoms. The molecule has 0 radical (unpaired) electrons. The number of nitrogens with one attached hydrogen (secondary N) is 1. The van der Waals surface area contributed by atoms with Gasteiger partial charge in [-0.1, -0.05) is 17.7 Å². The maximum Gasteiger partial charge on any atom is 0.240 e. The molecule has 0 aliphatic carbocycles. The average molecular weight is 297 g/mol. The van der Waals surface area contributed by atoms with Crippen molar-refractivity contribution >= 4 is 16.3 Å². The van der Waals surface area contributed by atoms with Crippen molar-refractivity contribution in [3.63, 3.8) is 0 Å². The van der Waals surface area contributed by atoms with Crippen LogP contribution in [0.5, 0.6) is 0 Å². The van der Waals surface area contributed by atoms with Gasteiger partial charge in [0.15, 0.2) is 0 Å². The number of benzene rings is 1. The predicted octanol–water partition coefficient (Wildman–Crippen LogP) is 1.41. The largest absolute Gasteiger partial charge is 0.366 e. The lowest BCUT2D eigenvalue weighted by molar-refractivity contribution is -0.117. The first kappa shape index (κ1) is 15.2. The second-order valence-corrected chi connectivity index (χ2v) is 6.86. The molecule has 1 N–H and O–H groups in total. The molecule has 20 heavy (non-hydrogen) atoms. The maximum absolute atomic E-state index is 12.2. The Labute approximate surface area is 119 Å². The van der Waals surface area contributed by atoms with E-state index in [0.29, 0.717) is 12.8 Å². The van der Waals surface area contributed by atoms with E-state index in [4.69, 9.17) is 4.74 Å². The molecular formula is C14H19NO4S. The van der Waals surface area contributed by atoms with E-state index < -0.39 is 16.1 Å². The minimum atomic E-state index is -3.56. The van der Waals surface area contributed by atoms with Gasteiger partial charge in [0.2, 0.25) is 10.0 Å². The third-order valence-electron chi connectivity index (χ3n) is 3.47. The molecule has 1 saturated heterocycles.